The number of likely N-dealkylation sites (tertiary alicyclic amines) is 1. The molecule has 0 N–H and O–H groups in total. The van der Waals surface area contributed by atoms with Crippen molar-refractivity contribution >= 4 is 11.6 Å². The van der Waals surface area contributed by atoms with Crippen LogP contribution in [-0.4, -0.2) is 41.0 Å². The lowest BCUT2D eigenvalue weighted by Gasteiger charge is -2.24. The van der Waals surface area contributed by atoms with Gasteiger partial charge in [-0.3, -0.25) is 9.91 Å². The first kappa shape index (κ1) is 19.6. The van der Waals surface area contributed by atoms with Gasteiger partial charge in [-0.05, 0) is 43.7 Å². The quantitative estimate of drug-likeness (QED) is 0.755. The van der Waals surface area contributed by atoms with E-state index in [4.69, 9.17) is 11.6 Å². The molecule has 2 aliphatic heterocycles. The predicted molar refractivity (Wildman–Crippen MR) is 103 cm³/mol. The number of hydrogen-bond donors (Lipinski definition) is 0. The van der Waals surface area contributed by atoms with Crippen LogP contribution in [0.15, 0.2) is 18.2 Å². The highest BCUT2D eigenvalue weighted by Gasteiger charge is 2.43. The highest BCUT2D eigenvalue weighted by Crippen LogP contribution is 2.37. The van der Waals surface area contributed by atoms with Crippen molar-refractivity contribution < 1.29 is 13.2 Å². The van der Waals surface area contributed by atoms with Crippen LogP contribution in [0.2, 0.25) is 5.02 Å². The summed E-state index contributed by atoms with van der Waals surface area (Å²) in [7, 11) is 0. The summed E-state index contributed by atoms with van der Waals surface area (Å²) < 4.78 is 39.3. The minimum Gasteiger partial charge on any atom is -0.298 e. The van der Waals surface area contributed by atoms with Gasteiger partial charge < -0.3 is 0 Å². The minimum atomic E-state index is -4.54. The van der Waals surface area contributed by atoms with E-state index in [0.717, 1.165) is 19.6 Å². The first-order valence-electron chi connectivity index (χ1n) is 9.49. The fourth-order valence-electron chi connectivity index (χ4n) is 4.54. The van der Waals surface area contributed by atoms with Gasteiger partial charge in [-0.1, -0.05) is 35.4 Å². The number of hydrogen-bond acceptors (Lipinski definition) is 3. The number of alkyl halides is 3. The summed E-state index contributed by atoms with van der Waals surface area (Å²) in [6.45, 7) is 10.1. The lowest BCUT2D eigenvalue weighted by Crippen LogP contribution is -2.37. The molecule has 28 heavy (non-hydrogen) atoms. The third kappa shape index (κ3) is 3.50. The third-order valence-corrected chi connectivity index (χ3v) is 6.44. The molecule has 3 heterocycles. The summed E-state index contributed by atoms with van der Waals surface area (Å²) in [5.41, 5.74) is 3.26. The normalized spacial score (nSPS) is 22.9. The monoisotopic (exact) mass is 412 g/mol. The topological polar surface area (TPSA) is 24.3 Å². The Morgan fingerprint density at radius 1 is 1.07 bits per heavy atom. The summed E-state index contributed by atoms with van der Waals surface area (Å²) >= 11 is 5.90. The van der Waals surface area contributed by atoms with Gasteiger partial charge in [-0.2, -0.15) is 18.0 Å². The summed E-state index contributed by atoms with van der Waals surface area (Å²) in [5.74, 6) is 0.866. The van der Waals surface area contributed by atoms with E-state index in [9.17, 15) is 13.2 Å². The lowest BCUT2D eigenvalue weighted by atomic mass is 10.0. The zero-order valence-electron chi connectivity index (χ0n) is 16.2. The Morgan fingerprint density at radius 2 is 1.71 bits per heavy atom. The first-order valence-corrected chi connectivity index (χ1v) is 9.87. The van der Waals surface area contributed by atoms with Crippen LogP contribution in [0.25, 0.3) is 0 Å². The maximum absolute atomic E-state index is 13.1. The van der Waals surface area contributed by atoms with Crippen LogP contribution in [0.4, 0.5) is 13.2 Å². The standard InChI is InChI=1S/C20H24ClF3N4/c1-12-4-5-15(13(2)6-12)7-26-8-16-10-27(11-17(16)9-26)28-14(3)18(21)19(25-28)20(22,23)24/h4-6,16-17H,7-11H2,1-3H3. The van der Waals surface area contributed by atoms with Crippen molar-refractivity contribution in [3.8, 4) is 0 Å². The number of aryl methyl sites for hydroxylation is 2. The van der Waals surface area contributed by atoms with Crippen molar-refractivity contribution in [1.29, 1.82) is 0 Å². The van der Waals surface area contributed by atoms with Gasteiger partial charge in [-0.25, -0.2) is 0 Å². The molecule has 0 saturated carbocycles. The molecule has 2 unspecified atom stereocenters. The van der Waals surface area contributed by atoms with Crippen molar-refractivity contribution in [3.63, 3.8) is 0 Å². The van der Waals surface area contributed by atoms with Crippen LogP contribution in [-0.2, 0) is 12.7 Å². The first-order chi connectivity index (χ1) is 13.1. The van der Waals surface area contributed by atoms with Crippen molar-refractivity contribution in [2.45, 2.75) is 33.5 Å². The maximum atomic E-state index is 13.1. The smallest absolute Gasteiger partial charge is 0.298 e. The van der Waals surface area contributed by atoms with Crippen LogP contribution >= 0.6 is 11.6 Å². The van der Waals surface area contributed by atoms with E-state index in [1.165, 1.54) is 21.5 Å². The molecule has 1 aromatic heterocycles. The number of nitrogens with zero attached hydrogens (tertiary/aromatic N) is 4. The fraction of sp³-hybridized carbons (Fsp3) is 0.550. The molecule has 0 aliphatic carbocycles. The molecule has 4 rings (SSSR count). The molecule has 2 atom stereocenters. The minimum absolute atomic E-state index is 0.305. The lowest BCUT2D eigenvalue weighted by molar-refractivity contribution is -0.141. The number of fused-ring (bicyclic) bond motifs is 1. The molecule has 8 heteroatoms. The molecule has 152 valence electrons. The van der Waals surface area contributed by atoms with Gasteiger partial charge in [0.15, 0.2) is 5.69 Å². The molecule has 4 nitrogen and oxygen atoms in total. The van der Waals surface area contributed by atoms with Crippen molar-refractivity contribution in [2.75, 3.05) is 31.2 Å². The molecule has 2 saturated heterocycles. The number of aromatic nitrogens is 2. The number of halogens is 4. The molecular formula is C20H24ClF3N4. The zero-order valence-corrected chi connectivity index (χ0v) is 17.0. The van der Waals surface area contributed by atoms with Crippen molar-refractivity contribution in [3.05, 3.63) is 51.3 Å². The molecule has 0 spiro atoms. The highest BCUT2D eigenvalue weighted by atomic mass is 35.5. The Labute approximate surface area is 167 Å². The third-order valence-electron chi connectivity index (χ3n) is 5.99. The molecule has 0 bridgehead atoms. The van der Waals surface area contributed by atoms with Gasteiger partial charge in [0.2, 0.25) is 0 Å². The van der Waals surface area contributed by atoms with Gasteiger partial charge in [0.25, 0.3) is 0 Å². The van der Waals surface area contributed by atoms with Gasteiger partial charge in [0.1, 0.15) is 0 Å². The fourth-order valence-corrected chi connectivity index (χ4v) is 4.76. The number of benzene rings is 1. The second-order valence-electron chi connectivity index (χ2n) is 8.15. The SMILES string of the molecule is Cc1ccc(CN2CC3CN(n4nc(C(F)(F)F)c(Cl)c4C)CC3C2)c(C)c1. The van der Waals surface area contributed by atoms with Crippen molar-refractivity contribution in [1.82, 2.24) is 14.8 Å². The second-order valence-corrected chi connectivity index (χ2v) is 8.53. The Balaban J connectivity index is 1.43. The average Bonchev–Trinajstić information content (AvgIpc) is 3.22. The summed E-state index contributed by atoms with van der Waals surface area (Å²) in [6, 6.07) is 6.54. The van der Waals surface area contributed by atoms with E-state index < -0.39 is 11.9 Å². The van der Waals surface area contributed by atoms with E-state index in [-0.39, 0.29) is 5.02 Å². The van der Waals surface area contributed by atoms with Crippen LogP contribution < -0.4 is 5.01 Å². The molecule has 0 amide bonds. The molecule has 2 fully saturated rings. The van der Waals surface area contributed by atoms with E-state index >= 15 is 0 Å². The zero-order chi connectivity index (χ0) is 20.2. The van der Waals surface area contributed by atoms with Crippen molar-refractivity contribution in [2.24, 2.45) is 11.8 Å². The molecular weight excluding hydrogens is 389 g/mol. The Kier molecular flexibility index (Phi) is 4.86. The average molecular weight is 413 g/mol. The molecule has 2 aromatic rings. The Hall–Kier alpha value is -1.73. The van der Waals surface area contributed by atoms with Crippen LogP contribution in [0.1, 0.15) is 28.1 Å². The van der Waals surface area contributed by atoms with Gasteiger partial charge in [0.05, 0.1) is 10.7 Å². The van der Waals surface area contributed by atoms with Crippen LogP contribution in [0.5, 0.6) is 0 Å². The van der Waals surface area contributed by atoms with E-state index in [1.807, 2.05) is 5.01 Å². The second kappa shape index (κ2) is 6.95. The summed E-state index contributed by atoms with van der Waals surface area (Å²) in [4.78, 5) is 3.81. The Bertz CT molecular complexity index is 878. The molecule has 1 aromatic carbocycles. The van der Waals surface area contributed by atoms with Gasteiger partial charge in [0, 0.05) is 32.7 Å². The Morgan fingerprint density at radius 3 is 2.25 bits per heavy atom. The summed E-state index contributed by atoms with van der Waals surface area (Å²) in [6.07, 6.45) is -4.54. The largest absolute Gasteiger partial charge is 0.436 e. The predicted octanol–water partition coefficient (Wildman–Crippen LogP) is 4.18. The highest BCUT2D eigenvalue weighted by molar-refractivity contribution is 6.31. The summed E-state index contributed by atoms with van der Waals surface area (Å²) in [5, 5.41) is 5.37. The van der Waals surface area contributed by atoms with Gasteiger partial charge in [-0.15, -0.1) is 5.10 Å². The maximum Gasteiger partial charge on any atom is 0.436 e. The van der Waals surface area contributed by atoms with Gasteiger partial charge >= 0.3 is 6.18 Å². The number of rotatable bonds is 3. The van der Waals surface area contributed by atoms with E-state index in [0.29, 0.717) is 30.6 Å². The van der Waals surface area contributed by atoms with E-state index in [2.05, 4.69) is 42.0 Å². The van der Waals surface area contributed by atoms with E-state index in [1.54, 1.807) is 6.92 Å². The van der Waals surface area contributed by atoms with Crippen LogP contribution in [0, 0.1) is 32.6 Å². The van der Waals surface area contributed by atoms with Crippen LogP contribution in [0.3, 0.4) is 0 Å². The molecule has 2 aliphatic rings. The molecule has 0 radical (unpaired) electrons.